The van der Waals surface area contributed by atoms with E-state index in [2.05, 4.69) is 49.5 Å². The number of rotatable bonds is 5. The van der Waals surface area contributed by atoms with Gasteiger partial charge < -0.3 is 10.1 Å². The molecule has 1 N–H and O–H groups in total. The molecule has 2 aromatic rings. The van der Waals surface area contributed by atoms with Crippen molar-refractivity contribution >= 4 is 11.6 Å². The molecule has 3 heteroatoms. The number of aryl methyl sites for hydroxylation is 2. The average Bonchev–Trinajstić information content (AvgIpc) is 2.71. The van der Waals surface area contributed by atoms with E-state index in [4.69, 9.17) is 4.74 Å². The minimum Gasteiger partial charge on any atom is -0.481 e. The van der Waals surface area contributed by atoms with Crippen LogP contribution in [0.4, 0.5) is 5.69 Å². The third kappa shape index (κ3) is 3.88. The molecule has 4 fully saturated rings. The number of ether oxygens (including phenoxy) is 1. The second-order valence-electron chi connectivity index (χ2n) is 10.7. The molecule has 164 valence electrons. The molecule has 31 heavy (non-hydrogen) atoms. The van der Waals surface area contributed by atoms with E-state index in [1.807, 2.05) is 19.9 Å². The van der Waals surface area contributed by atoms with Gasteiger partial charge in [0, 0.05) is 5.69 Å². The lowest BCUT2D eigenvalue weighted by molar-refractivity contribution is -0.122. The molecule has 4 bridgehead atoms. The SMILES string of the molecule is Cc1cc(C)c(C)c(O[C@@H](C)C(=O)Nc2ccc(C34CC5CC(CC(C5)C3)C4)cc2)c1. The van der Waals surface area contributed by atoms with E-state index in [1.165, 1.54) is 49.7 Å². The van der Waals surface area contributed by atoms with Crippen molar-refractivity contribution in [1.29, 1.82) is 0 Å². The molecule has 4 aliphatic rings. The van der Waals surface area contributed by atoms with Gasteiger partial charge in [-0.25, -0.2) is 0 Å². The zero-order valence-electron chi connectivity index (χ0n) is 19.3. The summed E-state index contributed by atoms with van der Waals surface area (Å²) in [6, 6.07) is 12.8. The van der Waals surface area contributed by atoms with E-state index in [1.54, 1.807) is 0 Å². The Morgan fingerprint density at radius 2 is 1.55 bits per heavy atom. The van der Waals surface area contributed by atoms with E-state index < -0.39 is 6.10 Å². The van der Waals surface area contributed by atoms with Crippen LogP contribution in [0.2, 0.25) is 0 Å². The van der Waals surface area contributed by atoms with E-state index in [0.29, 0.717) is 5.41 Å². The van der Waals surface area contributed by atoms with Crippen molar-refractivity contribution < 1.29 is 9.53 Å². The number of hydrogen-bond donors (Lipinski definition) is 1. The average molecular weight is 418 g/mol. The third-order valence-corrected chi connectivity index (χ3v) is 8.24. The van der Waals surface area contributed by atoms with Gasteiger partial charge in [0.15, 0.2) is 6.10 Å². The number of benzene rings is 2. The number of hydrogen-bond acceptors (Lipinski definition) is 2. The van der Waals surface area contributed by atoms with Crippen LogP contribution in [0.25, 0.3) is 0 Å². The lowest BCUT2D eigenvalue weighted by Gasteiger charge is -2.57. The van der Waals surface area contributed by atoms with Crippen LogP contribution in [0, 0.1) is 38.5 Å². The summed E-state index contributed by atoms with van der Waals surface area (Å²) in [5, 5.41) is 3.05. The monoisotopic (exact) mass is 417 g/mol. The van der Waals surface area contributed by atoms with E-state index in [-0.39, 0.29) is 5.91 Å². The van der Waals surface area contributed by atoms with Crippen LogP contribution in [0.3, 0.4) is 0 Å². The first-order valence-electron chi connectivity index (χ1n) is 12.0. The molecule has 0 radical (unpaired) electrons. The summed E-state index contributed by atoms with van der Waals surface area (Å²) in [6.07, 6.45) is 7.94. The maximum atomic E-state index is 12.8. The molecule has 0 saturated heterocycles. The highest BCUT2D eigenvalue weighted by Crippen LogP contribution is 2.60. The molecule has 3 nitrogen and oxygen atoms in total. The molecule has 0 aromatic heterocycles. The molecule has 4 aliphatic carbocycles. The number of anilines is 1. The molecule has 6 rings (SSSR count). The summed E-state index contributed by atoms with van der Waals surface area (Å²) < 4.78 is 6.02. The van der Waals surface area contributed by atoms with Crippen LogP contribution >= 0.6 is 0 Å². The molecule has 4 saturated carbocycles. The molecule has 0 heterocycles. The Morgan fingerprint density at radius 1 is 0.968 bits per heavy atom. The highest BCUT2D eigenvalue weighted by molar-refractivity contribution is 5.94. The molecule has 0 aliphatic heterocycles. The van der Waals surface area contributed by atoms with Crippen LogP contribution in [0.5, 0.6) is 5.75 Å². The van der Waals surface area contributed by atoms with Crippen LogP contribution in [0.15, 0.2) is 36.4 Å². The van der Waals surface area contributed by atoms with Gasteiger partial charge in [0.2, 0.25) is 0 Å². The van der Waals surface area contributed by atoms with E-state index in [0.717, 1.165) is 40.3 Å². The zero-order chi connectivity index (χ0) is 21.8. The van der Waals surface area contributed by atoms with Gasteiger partial charge in [-0.15, -0.1) is 0 Å². The summed E-state index contributed by atoms with van der Waals surface area (Å²) in [5.41, 5.74) is 6.15. The first-order chi connectivity index (χ1) is 14.8. The molecular weight excluding hydrogens is 382 g/mol. The molecule has 0 spiro atoms. The maximum Gasteiger partial charge on any atom is 0.265 e. The highest BCUT2D eigenvalue weighted by Gasteiger charge is 2.51. The summed E-state index contributed by atoms with van der Waals surface area (Å²) in [4.78, 5) is 12.8. The Hall–Kier alpha value is -2.29. The normalized spacial score (nSPS) is 29.6. The predicted octanol–water partition coefficient (Wildman–Crippen LogP) is 6.49. The number of carbonyl (C=O) groups is 1. The Kier molecular flexibility index (Phi) is 5.11. The minimum absolute atomic E-state index is 0.110. The largest absolute Gasteiger partial charge is 0.481 e. The van der Waals surface area contributed by atoms with Crippen molar-refractivity contribution in [1.82, 2.24) is 0 Å². The van der Waals surface area contributed by atoms with Gasteiger partial charge in [-0.3, -0.25) is 4.79 Å². The zero-order valence-corrected chi connectivity index (χ0v) is 19.3. The molecule has 2 aromatic carbocycles. The van der Waals surface area contributed by atoms with Crippen molar-refractivity contribution in [3.63, 3.8) is 0 Å². The van der Waals surface area contributed by atoms with Crippen LogP contribution in [0.1, 0.15) is 67.7 Å². The van der Waals surface area contributed by atoms with Gasteiger partial charge in [0.25, 0.3) is 5.91 Å². The second kappa shape index (κ2) is 7.69. The van der Waals surface area contributed by atoms with E-state index in [9.17, 15) is 4.79 Å². The maximum absolute atomic E-state index is 12.8. The number of amides is 1. The minimum atomic E-state index is -0.553. The fourth-order valence-electron chi connectivity index (χ4n) is 6.98. The summed E-state index contributed by atoms with van der Waals surface area (Å²) >= 11 is 0. The van der Waals surface area contributed by atoms with Gasteiger partial charge in [-0.05, 0) is 130 Å². The molecular formula is C28H35NO2. The predicted molar refractivity (Wildman–Crippen MR) is 126 cm³/mol. The second-order valence-corrected chi connectivity index (χ2v) is 10.7. The van der Waals surface area contributed by atoms with Gasteiger partial charge in [-0.2, -0.15) is 0 Å². The fraction of sp³-hybridized carbons (Fsp3) is 0.536. The van der Waals surface area contributed by atoms with Gasteiger partial charge in [0.05, 0.1) is 0 Å². The lowest BCUT2D eigenvalue weighted by atomic mass is 9.48. The first kappa shape index (κ1) is 20.6. The van der Waals surface area contributed by atoms with Crippen molar-refractivity contribution in [2.45, 2.75) is 77.7 Å². The topological polar surface area (TPSA) is 38.3 Å². The van der Waals surface area contributed by atoms with E-state index >= 15 is 0 Å². The van der Waals surface area contributed by atoms with Gasteiger partial charge in [0.1, 0.15) is 5.75 Å². The quantitative estimate of drug-likeness (QED) is 0.604. The van der Waals surface area contributed by atoms with Crippen molar-refractivity contribution in [3.8, 4) is 5.75 Å². The van der Waals surface area contributed by atoms with Gasteiger partial charge >= 0.3 is 0 Å². The Morgan fingerprint density at radius 3 is 2.13 bits per heavy atom. The molecule has 1 amide bonds. The smallest absolute Gasteiger partial charge is 0.265 e. The Labute approximate surface area is 186 Å². The van der Waals surface area contributed by atoms with Crippen LogP contribution in [-0.2, 0) is 10.2 Å². The lowest BCUT2D eigenvalue weighted by Crippen LogP contribution is -2.48. The summed E-state index contributed by atoms with van der Waals surface area (Å²) in [6.45, 7) is 7.98. The molecule has 0 unspecified atom stereocenters. The standard InChI is InChI=1S/C28H35NO2/c1-17-9-18(2)19(3)26(10-17)31-20(4)27(30)29-25-7-5-24(6-8-25)28-14-21-11-22(15-28)13-23(12-21)16-28/h5-10,20-23H,11-16H2,1-4H3,(H,29,30)/t20-,21?,22?,23?,28?/m0/s1. The van der Waals surface area contributed by atoms with Gasteiger partial charge in [-0.1, -0.05) is 18.2 Å². The van der Waals surface area contributed by atoms with Crippen molar-refractivity contribution in [2.75, 3.05) is 5.32 Å². The summed E-state index contributed by atoms with van der Waals surface area (Å²) in [7, 11) is 0. The number of carbonyl (C=O) groups excluding carboxylic acids is 1. The first-order valence-corrected chi connectivity index (χ1v) is 12.0. The fourth-order valence-corrected chi connectivity index (χ4v) is 6.98. The van der Waals surface area contributed by atoms with Crippen LogP contribution in [-0.4, -0.2) is 12.0 Å². The highest BCUT2D eigenvalue weighted by atomic mass is 16.5. The third-order valence-electron chi connectivity index (χ3n) is 8.24. The van der Waals surface area contributed by atoms with Crippen molar-refractivity contribution in [3.05, 3.63) is 58.7 Å². The van der Waals surface area contributed by atoms with Crippen LogP contribution < -0.4 is 10.1 Å². The summed E-state index contributed by atoms with van der Waals surface area (Å²) in [5.74, 6) is 3.51. The Balaban J connectivity index is 1.25. The molecule has 1 atom stereocenters. The Bertz CT molecular complexity index is 956. The number of nitrogens with one attached hydrogen (secondary N) is 1. The van der Waals surface area contributed by atoms with Crippen molar-refractivity contribution in [2.24, 2.45) is 17.8 Å².